The van der Waals surface area contributed by atoms with E-state index >= 15 is 0 Å². The van der Waals surface area contributed by atoms with Gasteiger partial charge in [-0.2, -0.15) is 0 Å². The Morgan fingerprint density at radius 2 is 1.86 bits per heavy atom. The van der Waals surface area contributed by atoms with Crippen molar-refractivity contribution in [2.24, 2.45) is 0 Å². The second kappa shape index (κ2) is 5.31. The molecule has 8 heteroatoms. The molecule has 1 spiro atoms. The second-order valence-corrected chi connectivity index (χ2v) is 7.24. The number of carbonyl (C=O) groups excluding carboxylic acids is 2. The summed E-state index contributed by atoms with van der Waals surface area (Å²) in [6, 6.07) is 11.3. The van der Waals surface area contributed by atoms with Gasteiger partial charge in [-0.05, 0) is 17.7 Å². The zero-order valence-electron chi connectivity index (χ0n) is 14.8. The summed E-state index contributed by atoms with van der Waals surface area (Å²) >= 11 is 0. The van der Waals surface area contributed by atoms with Crippen LogP contribution in [0.3, 0.4) is 0 Å². The summed E-state index contributed by atoms with van der Waals surface area (Å²) < 4.78 is 22.2. The topological polar surface area (TPSA) is 86.3 Å². The Morgan fingerprint density at radius 3 is 2.68 bits per heavy atom. The predicted molar refractivity (Wildman–Crippen MR) is 95.9 cm³/mol. The minimum atomic E-state index is -0.942. The zero-order valence-corrected chi connectivity index (χ0v) is 14.8. The highest BCUT2D eigenvalue weighted by Crippen LogP contribution is 2.55. The molecule has 142 valence electrons. The molecule has 2 aromatic rings. The average Bonchev–Trinajstić information content (AvgIpc) is 3.45. The first kappa shape index (κ1) is 15.6. The van der Waals surface area contributed by atoms with Crippen LogP contribution in [0.25, 0.3) is 0 Å². The van der Waals surface area contributed by atoms with Crippen molar-refractivity contribution in [3.05, 3.63) is 47.5 Å². The number of hydrogen-bond donors (Lipinski definition) is 1. The lowest BCUT2D eigenvalue weighted by atomic mass is 9.77. The van der Waals surface area contributed by atoms with Gasteiger partial charge in [0, 0.05) is 17.3 Å². The van der Waals surface area contributed by atoms with Gasteiger partial charge in [0.15, 0.2) is 11.5 Å². The number of ether oxygens (including phenoxy) is 4. The fourth-order valence-corrected chi connectivity index (χ4v) is 4.48. The van der Waals surface area contributed by atoms with Gasteiger partial charge in [0.1, 0.15) is 23.9 Å². The number of fused-ring (bicyclic) bond motifs is 5. The fraction of sp³-hybridized carbons (Fsp3) is 0.300. The number of anilines is 1. The van der Waals surface area contributed by atoms with Crippen molar-refractivity contribution in [2.75, 3.05) is 31.4 Å². The zero-order chi connectivity index (χ0) is 18.9. The van der Waals surface area contributed by atoms with E-state index < -0.39 is 17.6 Å². The van der Waals surface area contributed by atoms with E-state index in [2.05, 4.69) is 5.32 Å². The standard InChI is InChI=1S/C20H16N2O6/c23-18-20(9-25-15-6-17-16(5-13(15)20)26-10-27-17)12-3-1-2-4-14(12)22(18)8-11-7-21-19(24)28-11/h1-6,11H,7-10H2,(H,21,24). The van der Waals surface area contributed by atoms with Crippen LogP contribution in [0.4, 0.5) is 10.5 Å². The van der Waals surface area contributed by atoms with Gasteiger partial charge in [-0.3, -0.25) is 4.79 Å². The molecule has 0 aromatic heterocycles. The number of nitrogens with one attached hydrogen (secondary N) is 1. The van der Waals surface area contributed by atoms with Crippen molar-refractivity contribution in [2.45, 2.75) is 11.5 Å². The first-order valence-electron chi connectivity index (χ1n) is 9.10. The molecular formula is C20H16N2O6. The van der Waals surface area contributed by atoms with Gasteiger partial charge in [-0.15, -0.1) is 0 Å². The molecule has 1 N–H and O–H groups in total. The highest BCUT2D eigenvalue weighted by Gasteiger charge is 2.57. The Bertz CT molecular complexity index is 1040. The molecule has 4 aliphatic heterocycles. The van der Waals surface area contributed by atoms with E-state index in [1.165, 1.54) is 0 Å². The predicted octanol–water partition coefficient (Wildman–Crippen LogP) is 1.55. The molecule has 6 rings (SSSR count). The van der Waals surface area contributed by atoms with E-state index in [0.717, 1.165) is 16.8 Å². The number of cyclic esters (lactones) is 1. The van der Waals surface area contributed by atoms with Gasteiger partial charge in [0.05, 0.1) is 13.1 Å². The van der Waals surface area contributed by atoms with Gasteiger partial charge in [0.25, 0.3) is 0 Å². The van der Waals surface area contributed by atoms with Crippen LogP contribution in [0.15, 0.2) is 36.4 Å². The number of nitrogens with zero attached hydrogens (tertiary/aromatic N) is 1. The molecule has 0 bridgehead atoms. The van der Waals surface area contributed by atoms with Crippen molar-refractivity contribution >= 4 is 17.7 Å². The van der Waals surface area contributed by atoms with Crippen LogP contribution < -0.4 is 24.4 Å². The Kier molecular flexibility index (Phi) is 2.96. The average molecular weight is 380 g/mol. The van der Waals surface area contributed by atoms with Gasteiger partial charge in [0.2, 0.25) is 12.7 Å². The second-order valence-electron chi connectivity index (χ2n) is 7.24. The van der Waals surface area contributed by atoms with Crippen molar-refractivity contribution in [1.82, 2.24) is 5.32 Å². The van der Waals surface area contributed by atoms with Crippen LogP contribution in [0.2, 0.25) is 0 Å². The van der Waals surface area contributed by atoms with Crippen LogP contribution >= 0.6 is 0 Å². The van der Waals surface area contributed by atoms with Crippen LogP contribution in [-0.2, 0) is 14.9 Å². The number of para-hydroxylation sites is 1. The summed E-state index contributed by atoms with van der Waals surface area (Å²) in [6.07, 6.45) is -0.847. The van der Waals surface area contributed by atoms with Crippen molar-refractivity contribution in [3.8, 4) is 17.2 Å². The largest absolute Gasteiger partial charge is 0.491 e. The summed E-state index contributed by atoms with van der Waals surface area (Å²) in [5.74, 6) is 1.77. The number of rotatable bonds is 2. The van der Waals surface area contributed by atoms with Gasteiger partial charge in [-0.1, -0.05) is 18.2 Å². The Balaban J connectivity index is 1.47. The maximum atomic E-state index is 13.7. The molecule has 2 amide bonds. The van der Waals surface area contributed by atoms with E-state index in [1.54, 1.807) is 11.0 Å². The van der Waals surface area contributed by atoms with E-state index in [0.29, 0.717) is 23.8 Å². The van der Waals surface area contributed by atoms with E-state index in [4.69, 9.17) is 18.9 Å². The number of amides is 2. The third kappa shape index (κ3) is 1.89. The molecule has 0 saturated carbocycles. The summed E-state index contributed by atoms with van der Waals surface area (Å²) in [6.45, 7) is 1.03. The molecular weight excluding hydrogens is 364 g/mol. The number of alkyl carbamates (subject to hydrolysis) is 1. The molecule has 2 aromatic carbocycles. The quantitative estimate of drug-likeness (QED) is 0.851. The van der Waals surface area contributed by atoms with Crippen LogP contribution in [-0.4, -0.2) is 44.6 Å². The number of carbonyl (C=O) groups is 2. The third-order valence-electron chi connectivity index (χ3n) is 5.78. The minimum Gasteiger partial charge on any atom is -0.491 e. The maximum Gasteiger partial charge on any atom is 0.407 e. The summed E-state index contributed by atoms with van der Waals surface area (Å²) in [5, 5.41) is 2.63. The summed E-state index contributed by atoms with van der Waals surface area (Å²) in [4.78, 5) is 26.8. The molecule has 0 aliphatic carbocycles. The highest BCUT2D eigenvalue weighted by atomic mass is 16.7. The summed E-state index contributed by atoms with van der Waals surface area (Å²) in [5.41, 5.74) is 1.53. The SMILES string of the molecule is O=C1NCC(CN2C(=O)C3(COc4cc5c(cc43)OCO5)c3ccccc32)O1. The smallest absolute Gasteiger partial charge is 0.407 e. The number of hydrogen-bond acceptors (Lipinski definition) is 6. The first-order valence-corrected chi connectivity index (χ1v) is 9.10. The van der Waals surface area contributed by atoms with E-state index in [-0.39, 0.29) is 25.9 Å². The van der Waals surface area contributed by atoms with Crippen LogP contribution in [0, 0.1) is 0 Å². The van der Waals surface area contributed by atoms with Crippen molar-refractivity contribution in [3.63, 3.8) is 0 Å². The highest BCUT2D eigenvalue weighted by molar-refractivity contribution is 6.11. The Morgan fingerprint density at radius 1 is 1.04 bits per heavy atom. The molecule has 1 fully saturated rings. The van der Waals surface area contributed by atoms with Gasteiger partial charge < -0.3 is 29.2 Å². The molecule has 8 nitrogen and oxygen atoms in total. The molecule has 4 aliphatic rings. The molecule has 0 radical (unpaired) electrons. The first-order chi connectivity index (χ1) is 13.7. The van der Waals surface area contributed by atoms with Crippen molar-refractivity contribution in [1.29, 1.82) is 0 Å². The van der Waals surface area contributed by atoms with Gasteiger partial charge in [-0.25, -0.2) is 4.79 Å². The lowest BCUT2D eigenvalue weighted by Crippen LogP contribution is -2.45. The molecule has 28 heavy (non-hydrogen) atoms. The lowest BCUT2D eigenvalue weighted by Gasteiger charge is -2.24. The summed E-state index contributed by atoms with van der Waals surface area (Å²) in [7, 11) is 0. The fourth-order valence-electron chi connectivity index (χ4n) is 4.48. The van der Waals surface area contributed by atoms with E-state index in [9.17, 15) is 9.59 Å². The number of benzene rings is 2. The normalized spacial score (nSPS) is 26.1. The maximum absolute atomic E-state index is 13.7. The van der Waals surface area contributed by atoms with Crippen LogP contribution in [0.5, 0.6) is 17.2 Å². The molecule has 4 heterocycles. The van der Waals surface area contributed by atoms with Gasteiger partial charge >= 0.3 is 6.09 Å². The monoisotopic (exact) mass is 380 g/mol. The third-order valence-corrected chi connectivity index (χ3v) is 5.78. The Hall–Kier alpha value is -3.42. The lowest BCUT2D eigenvalue weighted by molar-refractivity contribution is -0.122. The molecule has 1 saturated heterocycles. The molecule has 2 atom stereocenters. The van der Waals surface area contributed by atoms with Crippen molar-refractivity contribution < 1.29 is 28.5 Å². The molecule has 2 unspecified atom stereocenters. The Labute approximate surface area is 159 Å². The van der Waals surface area contributed by atoms with E-state index in [1.807, 2.05) is 30.3 Å². The minimum absolute atomic E-state index is 0.0886. The van der Waals surface area contributed by atoms with Crippen LogP contribution in [0.1, 0.15) is 11.1 Å².